The summed E-state index contributed by atoms with van der Waals surface area (Å²) in [4.78, 5) is 15.8. The van der Waals surface area contributed by atoms with Gasteiger partial charge in [-0.15, -0.1) is 24.0 Å². The normalized spacial score (nSPS) is 11.1. The molecule has 0 unspecified atom stereocenters. The molecule has 0 spiro atoms. The molecule has 1 aromatic carbocycles. The second kappa shape index (κ2) is 14.7. The quantitative estimate of drug-likeness (QED) is 0.228. The molecule has 0 aliphatic heterocycles. The third-order valence-electron chi connectivity index (χ3n) is 4.74. The van der Waals surface area contributed by atoms with Crippen molar-refractivity contribution >= 4 is 35.8 Å². The Hall–Kier alpha value is -2.30. The van der Waals surface area contributed by atoms with Crippen LogP contribution in [0.25, 0.3) is 0 Å². The lowest BCUT2D eigenvalue weighted by molar-refractivity contribution is -0.122. The average molecular weight is 543 g/mol. The Labute approximate surface area is 201 Å². The number of ether oxygens (including phenoxy) is 1. The predicted octanol–water partition coefficient (Wildman–Crippen LogP) is 3.58. The van der Waals surface area contributed by atoms with Crippen LogP contribution in [0.2, 0.25) is 0 Å². The highest BCUT2D eigenvalue weighted by Gasteiger charge is 2.13. The highest BCUT2D eigenvalue weighted by atomic mass is 127. The topological polar surface area (TPSA) is 101 Å². The van der Waals surface area contributed by atoms with E-state index in [0.717, 1.165) is 29.9 Å². The van der Waals surface area contributed by atoms with Crippen LogP contribution >= 0.6 is 24.0 Å². The summed E-state index contributed by atoms with van der Waals surface area (Å²) in [6, 6.07) is 9.62. The van der Waals surface area contributed by atoms with E-state index in [-0.39, 0.29) is 36.5 Å². The molecule has 0 radical (unpaired) electrons. The molecule has 0 aliphatic carbocycles. The number of carbonyl (C=O) groups excluding carboxylic acids is 1. The van der Waals surface area contributed by atoms with E-state index in [1.165, 1.54) is 0 Å². The van der Waals surface area contributed by atoms with Crippen LogP contribution in [0.3, 0.4) is 0 Å². The van der Waals surface area contributed by atoms with E-state index < -0.39 is 0 Å². The van der Waals surface area contributed by atoms with Gasteiger partial charge in [0.1, 0.15) is 5.75 Å². The van der Waals surface area contributed by atoms with E-state index >= 15 is 0 Å². The van der Waals surface area contributed by atoms with Gasteiger partial charge in [0.15, 0.2) is 18.3 Å². The lowest BCUT2D eigenvalue weighted by atomic mass is 9.99. The largest absolute Gasteiger partial charge is 0.484 e. The van der Waals surface area contributed by atoms with Crippen molar-refractivity contribution in [2.24, 2.45) is 4.99 Å². The van der Waals surface area contributed by atoms with E-state index in [1.54, 1.807) is 7.05 Å². The van der Waals surface area contributed by atoms with E-state index in [9.17, 15) is 4.79 Å². The number of likely N-dealkylation sites (N-methyl/N-ethyl adjacent to an activating group) is 1. The molecule has 9 heteroatoms. The van der Waals surface area contributed by atoms with Crippen molar-refractivity contribution < 1.29 is 14.1 Å². The number of benzene rings is 1. The SMILES string of the molecule is CCNC(=O)COc1cccc(CNC(=NC)NCc2cc(C(CC)CC)no2)c1.I. The maximum absolute atomic E-state index is 11.5. The summed E-state index contributed by atoms with van der Waals surface area (Å²) >= 11 is 0. The molecule has 172 valence electrons. The monoisotopic (exact) mass is 543 g/mol. The van der Waals surface area contributed by atoms with Crippen molar-refractivity contribution in [3.63, 3.8) is 0 Å². The van der Waals surface area contributed by atoms with Crippen LogP contribution < -0.4 is 20.7 Å². The second-order valence-corrected chi connectivity index (χ2v) is 6.90. The van der Waals surface area contributed by atoms with Gasteiger partial charge < -0.3 is 25.2 Å². The number of guanidine groups is 1. The Bertz CT molecular complexity index is 821. The minimum atomic E-state index is -0.134. The summed E-state index contributed by atoms with van der Waals surface area (Å²) in [6.07, 6.45) is 2.09. The number of nitrogens with zero attached hydrogens (tertiary/aromatic N) is 2. The maximum Gasteiger partial charge on any atom is 0.257 e. The molecular formula is C22H34IN5O3. The first-order chi connectivity index (χ1) is 14.6. The Morgan fingerprint density at radius 1 is 1.13 bits per heavy atom. The van der Waals surface area contributed by atoms with Crippen LogP contribution in [0.15, 0.2) is 39.8 Å². The van der Waals surface area contributed by atoms with Gasteiger partial charge in [-0.2, -0.15) is 0 Å². The molecule has 0 fully saturated rings. The minimum Gasteiger partial charge on any atom is -0.484 e. The molecular weight excluding hydrogens is 509 g/mol. The van der Waals surface area contributed by atoms with Crippen molar-refractivity contribution in [2.45, 2.75) is 52.6 Å². The summed E-state index contributed by atoms with van der Waals surface area (Å²) < 4.78 is 11.0. The lowest BCUT2D eigenvalue weighted by Crippen LogP contribution is -2.36. The van der Waals surface area contributed by atoms with Crippen molar-refractivity contribution in [3.05, 3.63) is 47.3 Å². The van der Waals surface area contributed by atoms with Crippen molar-refractivity contribution in [1.82, 2.24) is 21.1 Å². The molecule has 0 aliphatic rings. The third-order valence-corrected chi connectivity index (χ3v) is 4.74. The predicted molar refractivity (Wildman–Crippen MR) is 133 cm³/mol. The summed E-state index contributed by atoms with van der Waals surface area (Å²) in [5.74, 6) is 2.39. The molecule has 0 saturated carbocycles. The molecule has 8 nitrogen and oxygen atoms in total. The summed E-state index contributed by atoms with van der Waals surface area (Å²) in [5.41, 5.74) is 2.02. The molecule has 2 rings (SSSR count). The van der Waals surface area contributed by atoms with Crippen molar-refractivity contribution in [2.75, 3.05) is 20.2 Å². The van der Waals surface area contributed by atoms with Gasteiger partial charge >= 0.3 is 0 Å². The molecule has 0 atom stereocenters. The number of aromatic nitrogens is 1. The van der Waals surface area contributed by atoms with Gasteiger partial charge in [0.25, 0.3) is 5.91 Å². The number of aliphatic imine (C=N–C) groups is 1. The zero-order valence-electron chi connectivity index (χ0n) is 18.7. The van der Waals surface area contributed by atoms with E-state index in [1.807, 2.05) is 37.3 Å². The third kappa shape index (κ3) is 9.16. The van der Waals surface area contributed by atoms with Crippen molar-refractivity contribution in [3.8, 4) is 5.75 Å². The molecule has 1 heterocycles. The van der Waals surface area contributed by atoms with Crippen LogP contribution in [0.1, 0.15) is 56.5 Å². The average Bonchev–Trinajstić information content (AvgIpc) is 3.22. The first-order valence-corrected chi connectivity index (χ1v) is 10.5. The molecule has 1 aromatic heterocycles. The molecule has 2 aromatic rings. The fourth-order valence-corrected chi connectivity index (χ4v) is 3.03. The Balaban J connectivity index is 0.00000480. The number of amides is 1. The summed E-state index contributed by atoms with van der Waals surface area (Å²) in [6.45, 7) is 7.85. The number of rotatable bonds is 11. The van der Waals surface area contributed by atoms with Crippen LogP contribution in [0.5, 0.6) is 5.75 Å². The number of halogens is 1. The van der Waals surface area contributed by atoms with Gasteiger partial charge in [0.2, 0.25) is 0 Å². The second-order valence-electron chi connectivity index (χ2n) is 6.90. The molecule has 1 amide bonds. The van der Waals surface area contributed by atoms with Gasteiger partial charge in [-0.25, -0.2) is 0 Å². The molecule has 0 saturated heterocycles. The zero-order chi connectivity index (χ0) is 21.8. The van der Waals surface area contributed by atoms with Gasteiger partial charge in [-0.1, -0.05) is 31.1 Å². The highest BCUT2D eigenvalue weighted by Crippen LogP contribution is 2.22. The zero-order valence-corrected chi connectivity index (χ0v) is 21.1. The Morgan fingerprint density at radius 3 is 2.55 bits per heavy atom. The summed E-state index contributed by atoms with van der Waals surface area (Å²) in [7, 11) is 1.72. The Morgan fingerprint density at radius 2 is 1.87 bits per heavy atom. The van der Waals surface area contributed by atoms with E-state index in [2.05, 4.69) is 39.9 Å². The van der Waals surface area contributed by atoms with Crippen LogP contribution in [0.4, 0.5) is 0 Å². The van der Waals surface area contributed by atoms with Crippen LogP contribution in [-0.2, 0) is 17.9 Å². The van der Waals surface area contributed by atoms with E-state index in [4.69, 9.17) is 9.26 Å². The van der Waals surface area contributed by atoms with Crippen LogP contribution in [0, 0.1) is 0 Å². The molecule has 31 heavy (non-hydrogen) atoms. The molecule has 0 bridgehead atoms. The number of nitrogens with one attached hydrogen (secondary N) is 3. The van der Waals surface area contributed by atoms with Crippen LogP contribution in [-0.4, -0.2) is 37.2 Å². The van der Waals surface area contributed by atoms with Gasteiger partial charge in [-0.05, 0) is 37.5 Å². The first kappa shape index (κ1) is 26.7. The molecule has 3 N–H and O–H groups in total. The standard InChI is InChI=1S/C22H33N5O3.HI/c1-5-17(6-2)20-12-19(30-27-20)14-26-22(23-4)25-13-16-9-8-10-18(11-16)29-15-21(28)24-7-3;/h8-12,17H,5-7,13-15H2,1-4H3,(H,24,28)(H2,23,25,26);1H. The smallest absolute Gasteiger partial charge is 0.257 e. The first-order valence-electron chi connectivity index (χ1n) is 10.5. The number of hydrogen-bond acceptors (Lipinski definition) is 5. The van der Waals surface area contributed by atoms with Gasteiger partial charge in [0, 0.05) is 32.1 Å². The Kier molecular flexibility index (Phi) is 12.6. The fourth-order valence-electron chi connectivity index (χ4n) is 3.03. The number of hydrogen-bond donors (Lipinski definition) is 3. The highest BCUT2D eigenvalue weighted by molar-refractivity contribution is 14.0. The lowest BCUT2D eigenvalue weighted by Gasteiger charge is -2.12. The van der Waals surface area contributed by atoms with E-state index in [0.29, 0.717) is 37.3 Å². The minimum absolute atomic E-state index is 0. The van der Waals surface area contributed by atoms with Gasteiger partial charge in [-0.3, -0.25) is 9.79 Å². The van der Waals surface area contributed by atoms with Gasteiger partial charge in [0.05, 0.1) is 12.2 Å². The number of carbonyl (C=O) groups is 1. The van der Waals surface area contributed by atoms with Crippen molar-refractivity contribution in [1.29, 1.82) is 0 Å². The fraction of sp³-hybridized carbons (Fsp3) is 0.500. The maximum atomic E-state index is 11.5. The summed E-state index contributed by atoms with van der Waals surface area (Å²) in [5, 5.41) is 13.4.